The summed E-state index contributed by atoms with van der Waals surface area (Å²) in [6.07, 6.45) is 5.15. The second-order valence-electron chi connectivity index (χ2n) is 7.88. The molecule has 5 nitrogen and oxygen atoms in total. The van der Waals surface area contributed by atoms with E-state index in [9.17, 15) is 9.18 Å². The van der Waals surface area contributed by atoms with Gasteiger partial charge in [-0.1, -0.05) is 12.1 Å². The van der Waals surface area contributed by atoms with Crippen LogP contribution in [0.2, 0.25) is 0 Å². The zero-order valence-electron chi connectivity index (χ0n) is 15.4. The molecule has 3 heterocycles. The molecular formula is C21H25FN4O. The molecule has 0 bridgehead atoms. The van der Waals surface area contributed by atoms with Gasteiger partial charge in [0, 0.05) is 43.4 Å². The van der Waals surface area contributed by atoms with E-state index in [1.54, 1.807) is 18.3 Å². The van der Waals surface area contributed by atoms with Crippen molar-refractivity contribution in [2.45, 2.75) is 25.8 Å². The molecule has 27 heavy (non-hydrogen) atoms. The maximum Gasteiger partial charge on any atom is 0.248 e. The van der Waals surface area contributed by atoms with Crippen molar-refractivity contribution >= 4 is 11.7 Å². The number of anilines is 1. The number of hydrogen-bond donors (Lipinski definition) is 1. The Labute approximate surface area is 159 Å². The number of carbonyl (C=O) groups excluding carboxylic acids is 1. The minimum Gasteiger partial charge on any atom is -0.366 e. The quantitative estimate of drug-likeness (QED) is 0.901. The molecule has 2 aliphatic heterocycles. The third-order valence-corrected chi connectivity index (χ3v) is 5.85. The molecule has 1 atom stereocenters. The molecule has 0 radical (unpaired) electrons. The number of amides is 1. The number of aromatic nitrogens is 1. The molecule has 0 unspecified atom stereocenters. The highest BCUT2D eigenvalue weighted by atomic mass is 19.1. The number of likely N-dealkylation sites (tertiary alicyclic amines) is 1. The minimum atomic E-state index is -0.421. The lowest BCUT2D eigenvalue weighted by atomic mass is 9.79. The predicted octanol–water partition coefficient (Wildman–Crippen LogP) is 2.81. The lowest BCUT2D eigenvalue weighted by Crippen LogP contribution is -2.44. The van der Waals surface area contributed by atoms with Crippen LogP contribution in [0.25, 0.3) is 0 Å². The van der Waals surface area contributed by atoms with E-state index in [0.29, 0.717) is 5.56 Å². The van der Waals surface area contributed by atoms with E-state index in [-0.39, 0.29) is 11.2 Å². The highest BCUT2D eigenvalue weighted by Crippen LogP contribution is 2.40. The zero-order chi connectivity index (χ0) is 18.9. The Balaban J connectivity index is 1.44. The van der Waals surface area contributed by atoms with Gasteiger partial charge in [0.25, 0.3) is 0 Å². The summed E-state index contributed by atoms with van der Waals surface area (Å²) in [5.74, 6) is 0.223. The minimum absolute atomic E-state index is 0.189. The highest BCUT2D eigenvalue weighted by molar-refractivity contribution is 5.93. The van der Waals surface area contributed by atoms with Gasteiger partial charge in [0.05, 0.1) is 0 Å². The summed E-state index contributed by atoms with van der Waals surface area (Å²) in [5, 5.41) is 0. The number of pyridine rings is 1. The summed E-state index contributed by atoms with van der Waals surface area (Å²) in [6, 6.07) is 10.3. The SMILES string of the molecule is NC(=O)c1ccnc(N2CC[C@@]3(CCCN(Cc4ccc(F)cc4)C3)C2)c1. The third-order valence-electron chi connectivity index (χ3n) is 5.85. The molecule has 1 aromatic heterocycles. The van der Waals surface area contributed by atoms with Crippen LogP contribution in [0.15, 0.2) is 42.6 Å². The molecule has 0 aliphatic carbocycles. The average Bonchev–Trinajstić information content (AvgIpc) is 3.07. The molecule has 2 fully saturated rings. The summed E-state index contributed by atoms with van der Waals surface area (Å²) in [7, 11) is 0. The van der Waals surface area contributed by atoms with Gasteiger partial charge in [-0.05, 0) is 55.6 Å². The molecular weight excluding hydrogens is 343 g/mol. The van der Waals surface area contributed by atoms with Gasteiger partial charge < -0.3 is 10.6 Å². The number of halogens is 1. The molecule has 2 saturated heterocycles. The van der Waals surface area contributed by atoms with Crippen molar-refractivity contribution in [3.8, 4) is 0 Å². The van der Waals surface area contributed by atoms with Crippen LogP contribution in [0.4, 0.5) is 10.2 Å². The fourth-order valence-corrected chi connectivity index (χ4v) is 4.50. The number of nitrogens with zero attached hydrogens (tertiary/aromatic N) is 3. The molecule has 4 rings (SSSR count). The molecule has 1 aromatic carbocycles. The lowest BCUT2D eigenvalue weighted by molar-refractivity contribution is 0.0991. The highest BCUT2D eigenvalue weighted by Gasteiger charge is 2.41. The van der Waals surface area contributed by atoms with Gasteiger partial charge in [-0.15, -0.1) is 0 Å². The zero-order valence-corrected chi connectivity index (χ0v) is 15.4. The first-order valence-electron chi connectivity index (χ1n) is 9.51. The summed E-state index contributed by atoms with van der Waals surface area (Å²) >= 11 is 0. The monoisotopic (exact) mass is 368 g/mol. The number of nitrogens with two attached hydrogens (primary N) is 1. The van der Waals surface area contributed by atoms with Crippen molar-refractivity contribution in [3.05, 3.63) is 59.5 Å². The van der Waals surface area contributed by atoms with Crippen molar-refractivity contribution in [1.82, 2.24) is 9.88 Å². The van der Waals surface area contributed by atoms with E-state index in [2.05, 4.69) is 14.8 Å². The molecule has 2 aromatic rings. The first-order chi connectivity index (χ1) is 13.0. The molecule has 2 N–H and O–H groups in total. The molecule has 1 spiro atoms. The third kappa shape index (κ3) is 3.95. The Morgan fingerprint density at radius 2 is 1.96 bits per heavy atom. The van der Waals surface area contributed by atoms with Crippen LogP contribution in [0.1, 0.15) is 35.2 Å². The molecule has 142 valence electrons. The van der Waals surface area contributed by atoms with Crippen LogP contribution >= 0.6 is 0 Å². The van der Waals surface area contributed by atoms with Crippen LogP contribution in [0.5, 0.6) is 0 Å². The van der Waals surface area contributed by atoms with Gasteiger partial charge >= 0.3 is 0 Å². The largest absolute Gasteiger partial charge is 0.366 e. The smallest absolute Gasteiger partial charge is 0.248 e. The number of carbonyl (C=O) groups is 1. The van der Waals surface area contributed by atoms with Gasteiger partial charge in [-0.3, -0.25) is 9.69 Å². The van der Waals surface area contributed by atoms with E-state index in [1.807, 2.05) is 12.1 Å². The molecule has 1 amide bonds. The van der Waals surface area contributed by atoms with Gasteiger partial charge in [0.15, 0.2) is 0 Å². The summed E-state index contributed by atoms with van der Waals surface area (Å²) in [6.45, 7) is 4.87. The summed E-state index contributed by atoms with van der Waals surface area (Å²) in [5.41, 5.74) is 7.31. The van der Waals surface area contributed by atoms with Crippen molar-refractivity contribution in [2.24, 2.45) is 11.1 Å². The van der Waals surface area contributed by atoms with Crippen LogP contribution in [-0.2, 0) is 6.54 Å². The first-order valence-corrected chi connectivity index (χ1v) is 9.51. The van der Waals surface area contributed by atoms with Crippen LogP contribution in [0, 0.1) is 11.2 Å². The van der Waals surface area contributed by atoms with E-state index in [4.69, 9.17) is 5.73 Å². The van der Waals surface area contributed by atoms with Gasteiger partial charge in [0.2, 0.25) is 5.91 Å². The summed E-state index contributed by atoms with van der Waals surface area (Å²) in [4.78, 5) is 20.6. The van der Waals surface area contributed by atoms with E-state index in [1.165, 1.54) is 25.0 Å². The Kier molecular flexibility index (Phi) is 4.83. The Hall–Kier alpha value is -2.47. The predicted molar refractivity (Wildman–Crippen MR) is 103 cm³/mol. The van der Waals surface area contributed by atoms with Crippen molar-refractivity contribution in [1.29, 1.82) is 0 Å². The maximum absolute atomic E-state index is 13.1. The second-order valence-corrected chi connectivity index (χ2v) is 7.88. The lowest BCUT2D eigenvalue weighted by Gasteiger charge is -2.40. The Bertz CT molecular complexity index is 825. The second kappa shape index (κ2) is 7.27. The normalized spacial score (nSPS) is 23.1. The molecule has 6 heteroatoms. The molecule has 0 saturated carbocycles. The number of rotatable bonds is 4. The maximum atomic E-state index is 13.1. The van der Waals surface area contributed by atoms with E-state index < -0.39 is 5.91 Å². The van der Waals surface area contributed by atoms with Gasteiger partial charge in [-0.25, -0.2) is 9.37 Å². The van der Waals surface area contributed by atoms with E-state index in [0.717, 1.165) is 50.5 Å². The molecule has 2 aliphatic rings. The van der Waals surface area contributed by atoms with Gasteiger partial charge in [-0.2, -0.15) is 0 Å². The Morgan fingerprint density at radius 1 is 1.15 bits per heavy atom. The number of benzene rings is 1. The summed E-state index contributed by atoms with van der Waals surface area (Å²) < 4.78 is 13.1. The number of hydrogen-bond acceptors (Lipinski definition) is 4. The van der Waals surface area contributed by atoms with Crippen LogP contribution in [0.3, 0.4) is 0 Å². The fourth-order valence-electron chi connectivity index (χ4n) is 4.50. The number of piperidine rings is 1. The van der Waals surface area contributed by atoms with Crippen LogP contribution in [-0.4, -0.2) is 42.0 Å². The van der Waals surface area contributed by atoms with E-state index >= 15 is 0 Å². The first kappa shape index (κ1) is 17.9. The Morgan fingerprint density at radius 3 is 2.74 bits per heavy atom. The van der Waals surface area contributed by atoms with Crippen molar-refractivity contribution < 1.29 is 9.18 Å². The topological polar surface area (TPSA) is 62.5 Å². The van der Waals surface area contributed by atoms with Crippen molar-refractivity contribution in [3.63, 3.8) is 0 Å². The average molecular weight is 368 g/mol. The fraction of sp³-hybridized carbons (Fsp3) is 0.429. The van der Waals surface area contributed by atoms with Gasteiger partial charge in [0.1, 0.15) is 11.6 Å². The number of primary amides is 1. The van der Waals surface area contributed by atoms with Crippen molar-refractivity contribution in [2.75, 3.05) is 31.1 Å². The standard InChI is InChI=1S/C21H25FN4O/c22-18-4-2-16(3-5-18)13-25-10-1-7-21(14-25)8-11-26(15-21)19-12-17(20(23)27)6-9-24-19/h2-6,9,12H,1,7-8,10-11,13-15H2,(H2,23,27)/t21-/m1/s1. The van der Waals surface area contributed by atoms with Crippen LogP contribution < -0.4 is 10.6 Å².